The van der Waals surface area contributed by atoms with Crippen LogP contribution in [0.15, 0.2) is 83.8 Å². The molecule has 0 saturated carbocycles. The van der Waals surface area contributed by atoms with E-state index in [1.54, 1.807) is 47.4 Å². The van der Waals surface area contributed by atoms with E-state index < -0.39 is 5.82 Å². The molecule has 1 amide bonds. The van der Waals surface area contributed by atoms with Crippen molar-refractivity contribution in [1.82, 2.24) is 20.1 Å². The Hall–Kier alpha value is -5.56. The fourth-order valence-electron chi connectivity index (χ4n) is 5.20. The molecule has 1 aliphatic heterocycles. The van der Waals surface area contributed by atoms with Crippen LogP contribution < -0.4 is 15.2 Å². The normalized spacial score (nSPS) is 13.1. The molecule has 9 nitrogen and oxygen atoms in total. The van der Waals surface area contributed by atoms with Gasteiger partial charge in [0.2, 0.25) is 0 Å². The number of halogens is 1. The van der Waals surface area contributed by atoms with Crippen LogP contribution in [-0.4, -0.2) is 52.2 Å². The maximum absolute atomic E-state index is 14.9. The lowest BCUT2D eigenvalue weighted by Crippen LogP contribution is -2.49. The van der Waals surface area contributed by atoms with Gasteiger partial charge in [0.1, 0.15) is 29.2 Å². The Labute approximate surface area is 246 Å². The van der Waals surface area contributed by atoms with E-state index in [1.807, 2.05) is 36.1 Å². The number of pyridine rings is 1. The Balaban J connectivity index is 1.21. The SMILES string of the molecule is Cc1cccc(Oc2ccc3c(=O)[nH]nc(Cc4ccc(F)c(C(=O)N5CCN(c6ccc(C#N)cn6)CC5)c4)c3c2)c1. The van der Waals surface area contributed by atoms with E-state index in [2.05, 4.69) is 21.3 Å². The van der Waals surface area contributed by atoms with Gasteiger partial charge >= 0.3 is 0 Å². The lowest BCUT2D eigenvalue weighted by molar-refractivity contribution is 0.0741. The van der Waals surface area contributed by atoms with Crippen molar-refractivity contribution in [3.05, 3.63) is 123 Å². The summed E-state index contributed by atoms with van der Waals surface area (Å²) in [6, 6.07) is 22.9. The molecule has 0 unspecified atom stereocenters. The fraction of sp³-hybridized carbons (Fsp3) is 0.182. The van der Waals surface area contributed by atoms with Crippen LogP contribution in [0.3, 0.4) is 0 Å². The lowest BCUT2D eigenvalue weighted by Gasteiger charge is -2.35. The van der Waals surface area contributed by atoms with Crippen molar-refractivity contribution in [2.24, 2.45) is 0 Å². The molecule has 214 valence electrons. The number of amides is 1. The molecule has 3 aromatic carbocycles. The summed E-state index contributed by atoms with van der Waals surface area (Å²) in [6.45, 7) is 3.85. The summed E-state index contributed by atoms with van der Waals surface area (Å²) >= 11 is 0. The molecule has 6 rings (SSSR count). The molecule has 0 aliphatic carbocycles. The van der Waals surface area contributed by atoms with Gasteiger partial charge in [-0.05, 0) is 72.6 Å². The number of nitrogens with one attached hydrogen (secondary N) is 1. The van der Waals surface area contributed by atoms with E-state index in [-0.39, 0.29) is 23.5 Å². The number of anilines is 1. The third-order valence-corrected chi connectivity index (χ3v) is 7.46. The largest absolute Gasteiger partial charge is 0.457 e. The Morgan fingerprint density at radius 3 is 2.56 bits per heavy atom. The first-order valence-corrected chi connectivity index (χ1v) is 13.8. The second-order valence-corrected chi connectivity index (χ2v) is 10.4. The van der Waals surface area contributed by atoms with Crippen LogP contribution in [0, 0.1) is 24.1 Å². The predicted molar refractivity (Wildman–Crippen MR) is 160 cm³/mol. The topological polar surface area (TPSA) is 115 Å². The zero-order valence-electron chi connectivity index (χ0n) is 23.4. The molecule has 0 radical (unpaired) electrons. The third kappa shape index (κ3) is 5.92. The van der Waals surface area contributed by atoms with Gasteiger partial charge in [0.15, 0.2) is 0 Å². The van der Waals surface area contributed by atoms with Gasteiger partial charge < -0.3 is 14.5 Å². The van der Waals surface area contributed by atoms with Crippen molar-refractivity contribution in [2.45, 2.75) is 13.3 Å². The Morgan fingerprint density at radius 2 is 1.81 bits per heavy atom. The number of fused-ring (bicyclic) bond motifs is 1. The molecule has 5 aromatic rings. The maximum Gasteiger partial charge on any atom is 0.272 e. The van der Waals surface area contributed by atoms with E-state index in [1.165, 1.54) is 12.3 Å². The summed E-state index contributed by atoms with van der Waals surface area (Å²) in [5, 5.41) is 16.9. The van der Waals surface area contributed by atoms with Crippen molar-refractivity contribution >= 4 is 22.5 Å². The van der Waals surface area contributed by atoms with E-state index in [0.29, 0.717) is 65.3 Å². The van der Waals surface area contributed by atoms with Gasteiger partial charge in [0.05, 0.1) is 22.2 Å². The Bertz CT molecular complexity index is 1920. The number of hydrogen-bond acceptors (Lipinski definition) is 7. The third-order valence-electron chi connectivity index (χ3n) is 7.46. The lowest BCUT2D eigenvalue weighted by atomic mass is 10.0. The summed E-state index contributed by atoms with van der Waals surface area (Å²) in [5.74, 6) is 0.969. The number of H-pyrrole nitrogens is 1. The molecule has 1 fully saturated rings. The van der Waals surface area contributed by atoms with Gasteiger partial charge in [-0.2, -0.15) is 10.4 Å². The number of rotatable bonds is 6. The summed E-state index contributed by atoms with van der Waals surface area (Å²) in [5.41, 5.74) is 2.44. The number of ether oxygens (including phenoxy) is 1. The van der Waals surface area contributed by atoms with Gasteiger partial charge in [-0.1, -0.05) is 18.2 Å². The number of carbonyl (C=O) groups is 1. The maximum atomic E-state index is 14.9. The molecule has 0 bridgehead atoms. The van der Waals surface area contributed by atoms with Crippen LogP contribution in [0.5, 0.6) is 11.5 Å². The van der Waals surface area contributed by atoms with E-state index in [4.69, 9.17) is 10.00 Å². The molecule has 0 spiro atoms. The summed E-state index contributed by atoms with van der Waals surface area (Å²) in [6.07, 6.45) is 1.78. The van der Waals surface area contributed by atoms with Crippen molar-refractivity contribution in [3.8, 4) is 17.6 Å². The highest BCUT2D eigenvalue weighted by Crippen LogP contribution is 2.27. The van der Waals surface area contributed by atoms with Gasteiger partial charge in [0, 0.05) is 44.2 Å². The molecule has 1 saturated heterocycles. The number of piperazine rings is 1. The number of aromatic amines is 1. The number of carbonyl (C=O) groups excluding carboxylic acids is 1. The quantitative estimate of drug-likeness (QED) is 0.304. The van der Waals surface area contributed by atoms with E-state index >= 15 is 0 Å². The molecule has 1 aliphatic rings. The predicted octanol–water partition coefficient (Wildman–Crippen LogP) is 4.98. The molecule has 3 heterocycles. The fourth-order valence-corrected chi connectivity index (χ4v) is 5.20. The molecular weight excluding hydrogens is 547 g/mol. The Morgan fingerprint density at radius 1 is 1.00 bits per heavy atom. The van der Waals surface area contributed by atoms with Crippen LogP contribution >= 0.6 is 0 Å². The highest BCUT2D eigenvalue weighted by molar-refractivity contribution is 5.95. The van der Waals surface area contributed by atoms with Crippen molar-refractivity contribution in [3.63, 3.8) is 0 Å². The molecule has 2 aromatic heterocycles. The van der Waals surface area contributed by atoms with E-state index in [0.717, 1.165) is 11.4 Å². The van der Waals surface area contributed by atoms with Crippen molar-refractivity contribution in [2.75, 3.05) is 31.1 Å². The first-order chi connectivity index (χ1) is 20.9. The molecule has 10 heteroatoms. The minimum atomic E-state index is -0.599. The number of nitriles is 1. The van der Waals surface area contributed by atoms with Crippen LogP contribution in [-0.2, 0) is 6.42 Å². The minimum absolute atomic E-state index is 0.0142. The Kier molecular flexibility index (Phi) is 7.54. The van der Waals surface area contributed by atoms with Crippen LogP contribution in [0.25, 0.3) is 10.8 Å². The first kappa shape index (κ1) is 27.6. The van der Waals surface area contributed by atoms with Gasteiger partial charge in [0.25, 0.3) is 11.5 Å². The summed E-state index contributed by atoms with van der Waals surface area (Å²) < 4.78 is 21.0. The smallest absolute Gasteiger partial charge is 0.272 e. The monoisotopic (exact) mass is 574 g/mol. The van der Waals surface area contributed by atoms with E-state index in [9.17, 15) is 14.0 Å². The highest BCUT2D eigenvalue weighted by atomic mass is 19.1. The van der Waals surface area contributed by atoms with Crippen molar-refractivity contribution < 1.29 is 13.9 Å². The van der Waals surface area contributed by atoms with Gasteiger partial charge in [-0.3, -0.25) is 9.59 Å². The highest BCUT2D eigenvalue weighted by Gasteiger charge is 2.25. The van der Waals surface area contributed by atoms with Crippen LogP contribution in [0.2, 0.25) is 0 Å². The second-order valence-electron chi connectivity index (χ2n) is 10.4. The average molecular weight is 575 g/mol. The molecule has 0 atom stereocenters. The first-order valence-electron chi connectivity index (χ1n) is 13.8. The average Bonchev–Trinajstić information content (AvgIpc) is 3.03. The number of benzene rings is 3. The zero-order valence-corrected chi connectivity index (χ0v) is 23.4. The number of aromatic nitrogens is 3. The number of hydrogen-bond donors (Lipinski definition) is 1. The number of nitrogens with zero attached hydrogens (tertiary/aromatic N) is 5. The minimum Gasteiger partial charge on any atom is -0.457 e. The molecule has 1 N–H and O–H groups in total. The second kappa shape index (κ2) is 11.7. The van der Waals surface area contributed by atoms with Crippen molar-refractivity contribution in [1.29, 1.82) is 5.26 Å². The molecular formula is C33H27FN6O3. The summed E-state index contributed by atoms with van der Waals surface area (Å²) in [7, 11) is 0. The number of aryl methyl sites for hydroxylation is 1. The standard InChI is InChI=1S/C33H27FN6O3/c1-21-3-2-4-24(15-21)43-25-7-8-26-27(18-25)30(37-38-32(26)41)17-22-5-9-29(34)28(16-22)33(42)40-13-11-39(12-14-40)31-10-6-23(19-35)20-36-31/h2-10,15-16,18,20H,11-14,17H2,1H3,(H,38,41). The summed E-state index contributed by atoms with van der Waals surface area (Å²) in [4.78, 5) is 33.9. The molecule has 43 heavy (non-hydrogen) atoms. The van der Waals surface area contributed by atoms with Gasteiger partial charge in [-0.25, -0.2) is 14.5 Å². The van der Waals surface area contributed by atoms with Gasteiger partial charge in [-0.15, -0.1) is 0 Å². The zero-order chi connectivity index (χ0) is 29.9. The van der Waals surface area contributed by atoms with Crippen LogP contribution in [0.1, 0.15) is 32.7 Å². The van der Waals surface area contributed by atoms with Crippen LogP contribution in [0.4, 0.5) is 10.2 Å².